The number of rotatable bonds is 46. The van der Waals surface area contributed by atoms with E-state index in [2.05, 4.69) is 135 Å². The van der Waals surface area contributed by atoms with E-state index < -0.39 is 32.5 Å². The van der Waals surface area contributed by atoms with E-state index in [9.17, 15) is 19.0 Å². The number of unbranched alkanes of at least 4 members (excludes halogenated alkanes) is 13. The molecule has 0 aliphatic rings. The second-order valence-electron chi connectivity index (χ2n) is 16.3. The highest BCUT2D eigenvalue weighted by Gasteiger charge is 2.26. The van der Waals surface area contributed by atoms with Gasteiger partial charge in [-0.25, -0.2) is 4.57 Å². The van der Waals surface area contributed by atoms with Gasteiger partial charge in [-0.2, -0.15) is 0 Å². The summed E-state index contributed by atoms with van der Waals surface area (Å²) in [6, 6.07) is 0. The molecule has 0 rings (SSSR count). The van der Waals surface area contributed by atoms with Crippen LogP contribution in [0.4, 0.5) is 0 Å². The molecule has 0 aliphatic heterocycles. The van der Waals surface area contributed by atoms with E-state index in [-0.39, 0.29) is 32.6 Å². The maximum atomic E-state index is 12.6. The van der Waals surface area contributed by atoms with Crippen LogP contribution in [0.1, 0.15) is 187 Å². The molecule has 374 valence electrons. The zero-order valence-electron chi connectivity index (χ0n) is 41.4. The second-order valence-corrected chi connectivity index (χ2v) is 17.8. The lowest BCUT2D eigenvalue weighted by Crippen LogP contribution is -2.29. The van der Waals surface area contributed by atoms with Gasteiger partial charge in [0.25, 0.3) is 0 Å². The molecule has 0 aromatic heterocycles. The molecular weight excluding hydrogens is 846 g/mol. The number of carbonyl (C=O) groups excluding carboxylic acids is 2. The Labute approximate surface area is 402 Å². The number of phosphoric ester groups is 1. The van der Waals surface area contributed by atoms with Crippen molar-refractivity contribution in [3.63, 3.8) is 0 Å². The molecule has 0 aromatic rings. The van der Waals surface area contributed by atoms with Crippen LogP contribution in [0.25, 0.3) is 0 Å². The fraction of sp³-hybridized carbons (Fsp3) is 0.607. The highest BCUT2D eigenvalue weighted by Crippen LogP contribution is 2.43. The molecule has 0 fully saturated rings. The molecule has 0 spiro atoms. The van der Waals surface area contributed by atoms with Crippen molar-refractivity contribution in [2.24, 2.45) is 5.73 Å². The van der Waals surface area contributed by atoms with Gasteiger partial charge in [0.1, 0.15) is 6.61 Å². The van der Waals surface area contributed by atoms with E-state index in [4.69, 9.17) is 24.3 Å². The third kappa shape index (κ3) is 49.8. The predicted octanol–water partition coefficient (Wildman–Crippen LogP) is 15.7. The van der Waals surface area contributed by atoms with Crippen molar-refractivity contribution in [2.75, 3.05) is 26.4 Å². The molecule has 0 saturated heterocycles. The molecule has 0 heterocycles. The first-order valence-electron chi connectivity index (χ1n) is 25.5. The van der Waals surface area contributed by atoms with Crippen LogP contribution >= 0.6 is 7.82 Å². The van der Waals surface area contributed by atoms with E-state index in [1.54, 1.807) is 0 Å². The average Bonchev–Trinajstić information content (AvgIpc) is 3.31. The van der Waals surface area contributed by atoms with Crippen molar-refractivity contribution in [1.29, 1.82) is 0 Å². The Hall–Kier alpha value is -3.59. The predicted molar refractivity (Wildman–Crippen MR) is 279 cm³/mol. The normalized spacial score (nSPS) is 14.2. The summed E-state index contributed by atoms with van der Waals surface area (Å²) in [5, 5.41) is 0. The first kappa shape index (κ1) is 62.4. The summed E-state index contributed by atoms with van der Waals surface area (Å²) in [6.45, 7) is 3.52. The van der Waals surface area contributed by atoms with Gasteiger partial charge >= 0.3 is 19.8 Å². The SMILES string of the molecule is CC/C=C\C/C=C\C/C=C\C/C=C\C/C=C\C/C=C\C/C=C\C/C=C\CCCCCCCCC(=O)OC(COC(=O)CCCCCCC/C=C\C/C=C\CCCC)COP(=O)(O)OCCN. The summed E-state index contributed by atoms with van der Waals surface area (Å²) in [6.07, 6.45) is 69.5. The molecule has 2 unspecified atom stereocenters. The molecule has 0 aromatic carbocycles. The molecule has 10 heteroatoms. The topological polar surface area (TPSA) is 134 Å². The number of allylic oxidation sites excluding steroid dienone is 20. The zero-order valence-corrected chi connectivity index (χ0v) is 42.3. The lowest BCUT2D eigenvalue weighted by atomic mass is 10.1. The maximum absolute atomic E-state index is 12.6. The molecule has 9 nitrogen and oxygen atoms in total. The molecule has 0 radical (unpaired) electrons. The molecular formula is C56H92NO8P. The number of hydrogen-bond acceptors (Lipinski definition) is 8. The molecule has 0 amide bonds. The number of carbonyl (C=O) groups is 2. The summed E-state index contributed by atoms with van der Waals surface area (Å²) in [7, 11) is -4.40. The van der Waals surface area contributed by atoms with Crippen LogP contribution in [-0.2, 0) is 32.7 Å². The van der Waals surface area contributed by atoms with E-state index in [1.807, 2.05) is 0 Å². The standard InChI is InChI=1S/C56H92NO8P/c1-3-5-7-9-11-13-15-17-19-20-21-22-23-24-25-26-27-28-29-30-31-32-33-34-35-37-39-41-43-45-47-49-56(59)65-54(53-64-66(60,61)63-51-50-57)52-62-55(58)48-46-44-42-40-38-36-18-16-14-12-10-8-6-4-2/h5,7,10-13,16-19,21-22,24-25,27-28,30-31,33-34,54H,3-4,6,8-9,14-15,20,23,26,29,32,35-53,57H2,1-2H3,(H,60,61)/b7-5-,12-10-,13-11-,18-16-,19-17-,22-21-,25-24-,28-27-,31-30-,34-33-. The Morgan fingerprint density at radius 1 is 0.470 bits per heavy atom. The molecule has 0 bridgehead atoms. The van der Waals surface area contributed by atoms with E-state index in [0.717, 1.165) is 135 Å². The van der Waals surface area contributed by atoms with Gasteiger partial charge in [-0.15, -0.1) is 0 Å². The van der Waals surface area contributed by atoms with Gasteiger partial charge in [0.15, 0.2) is 6.10 Å². The van der Waals surface area contributed by atoms with Crippen molar-refractivity contribution in [2.45, 2.75) is 193 Å². The second kappa shape index (κ2) is 50.8. The van der Waals surface area contributed by atoms with Gasteiger partial charge in [0.05, 0.1) is 13.2 Å². The van der Waals surface area contributed by atoms with E-state index >= 15 is 0 Å². The summed E-state index contributed by atoms with van der Waals surface area (Å²) in [5.74, 6) is -0.873. The average molecular weight is 938 g/mol. The number of phosphoric acid groups is 1. The Balaban J connectivity index is 4.11. The monoisotopic (exact) mass is 938 g/mol. The molecule has 0 aliphatic carbocycles. The van der Waals surface area contributed by atoms with Gasteiger partial charge in [-0.3, -0.25) is 18.6 Å². The quantitative estimate of drug-likeness (QED) is 0.0265. The Bertz CT molecular complexity index is 1490. The van der Waals surface area contributed by atoms with E-state index in [0.29, 0.717) is 12.8 Å². The van der Waals surface area contributed by atoms with Gasteiger partial charge in [-0.1, -0.05) is 193 Å². The highest BCUT2D eigenvalue weighted by atomic mass is 31.2. The van der Waals surface area contributed by atoms with Crippen LogP contribution < -0.4 is 5.73 Å². The fourth-order valence-electron chi connectivity index (χ4n) is 6.31. The minimum Gasteiger partial charge on any atom is -0.462 e. The van der Waals surface area contributed by atoms with Crippen LogP contribution in [0, 0.1) is 0 Å². The van der Waals surface area contributed by atoms with Gasteiger partial charge in [0.2, 0.25) is 0 Å². The van der Waals surface area contributed by atoms with Crippen molar-refractivity contribution in [3.05, 3.63) is 122 Å². The van der Waals surface area contributed by atoms with Crippen LogP contribution in [0.15, 0.2) is 122 Å². The zero-order chi connectivity index (χ0) is 48.1. The number of esters is 2. The lowest BCUT2D eigenvalue weighted by molar-refractivity contribution is -0.161. The van der Waals surface area contributed by atoms with Crippen LogP contribution in [-0.4, -0.2) is 49.3 Å². The number of nitrogens with two attached hydrogens (primary N) is 1. The smallest absolute Gasteiger partial charge is 0.462 e. The summed E-state index contributed by atoms with van der Waals surface area (Å²) < 4.78 is 32.9. The minimum atomic E-state index is -4.40. The van der Waals surface area contributed by atoms with Crippen LogP contribution in [0.5, 0.6) is 0 Å². The minimum absolute atomic E-state index is 0.0419. The third-order valence-corrected chi connectivity index (χ3v) is 11.1. The Morgan fingerprint density at radius 3 is 1.24 bits per heavy atom. The first-order valence-corrected chi connectivity index (χ1v) is 27.0. The summed E-state index contributed by atoms with van der Waals surface area (Å²) >= 11 is 0. The van der Waals surface area contributed by atoms with Crippen molar-refractivity contribution < 1.29 is 37.6 Å². The molecule has 0 saturated carbocycles. The highest BCUT2D eigenvalue weighted by molar-refractivity contribution is 7.47. The number of hydrogen-bond donors (Lipinski definition) is 2. The fourth-order valence-corrected chi connectivity index (χ4v) is 7.08. The van der Waals surface area contributed by atoms with Crippen molar-refractivity contribution >= 4 is 19.8 Å². The lowest BCUT2D eigenvalue weighted by Gasteiger charge is -2.19. The first-order chi connectivity index (χ1) is 32.3. The van der Waals surface area contributed by atoms with Crippen LogP contribution in [0.2, 0.25) is 0 Å². The van der Waals surface area contributed by atoms with Crippen molar-refractivity contribution in [1.82, 2.24) is 0 Å². The molecule has 2 atom stereocenters. The van der Waals surface area contributed by atoms with Gasteiger partial charge < -0.3 is 20.1 Å². The van der Waals surface area contributed by atoms with Gasteiger partial charge in [0, 0.05) is 19.4 Å². The molecule has 3 N–H and O–H groups in total. The maximum Gasteiger partial charge on any atom is 0.472 e. The number of ether oxygens (including phenoxy) is 2. The van der Waals surface area contributed by atoms with Crippen LogP contribution in [0.3, 0.4) is 0 Å². The largest absolute Gasteiger partial charge is 0.472 e. The summed E-state index contributed by atoms with van der Waals surface area (Å²) in [5.41, 5.74) is 5.36. The Kier molecular flexibility index (Phi) is 48.1. The molecule has 66 heavy (non-hydrogen) atoms. The van der Waals surface area contributed by atoms with Crippen molar-refractivity contribution in [3.8, 4) is 0 Å². The Morgan fingerprint density at radius 2 is 0.833 bits per heavy atom. The summed E-state index contributed by atoms with van der Waals surface area (Å²) in [4.78, 5) is 35.0. The van der Waals surface area contributed by atoms with E-state index in [1.165, 1.54) is 12.8 Å². The third-order valence-electron chi connectivity index (χ3n) is 10.1. The van der Waals surface area contributed by atoms with Gasteiger partial charge in [-0.05, 0) is 103 Å².